The van der Waals surface area contributed by atoms with Crippen LogP contribution in [0.4, 0.5) is 11.5 Å². The lowest BCUT2D eigenvalue weighted by atomic mass is 10.2. The molecule has 1 aliphatic heterocycles. The molecule has 7 nitrogen and oxygen atoms in total. The molecule has 1 saturated heterocycles. The van der Waals surface area contributed by atoms with Gasteiger partial charge in [-0.1, -0.05) is 13.8 Å². The molecule has 3 rings (SSSR count). The van der Waals surface area contributed by atoms with Crippen LogP contribution in [-0.2, 0) is 6.42 Å². The molecular weight excluding hydrogens is 318 g/mol. The first-order valence-corrected chi connectivity index (χ1v) is 8.70. The van der Waals surface area contributed by atoms with Gasteiger partial charge in [0, 0.05) is 55.6 Å². The highest BCUT2D eigenvalue weighted by atomic mass is 16.6. The maximum atomic E-state index is 10.8. The third-order valence-corrected chi connectivity index (χ3v) is 4.61. The molecule has 0 unspecified atom stereocenters. The molecule has 7 heteroatoms. The number of benzene rings is 1. The van der Waals surface area contributed by atoms with Crippen molar-refractivity contribution < 1.29 is 4.92 Å². The van der Waals surface area contributed by atoms with Crippen molar-refractivity contribution in [2.75, 3.05) is 37.6 Å². The number of aromatic nitrogens is 2. The first-order valence-electron chi connectivity index (χ1n) is 8.70. The second kappa shape index (κ2) is 7.57. The summed E-state index contributed by atoms with van der Waals surface area (Å²) in [6.07, 6.45) is 0.824. The summed E-state index contributed by atoms with van der Waals surface area (Å²) in [5.74, 6) is 1.57. The van der Waals surface area contributed by atoms with Gasteiger partial charge in [-0.25, -0.2) is 9.97 Å². The van der Waals surface area contributed by atoms with Crippen LogP contribution in [0.15, 0.2) is 30.3 Å². The van der Waals surface area contributed by atoms with Crippen molar-refractivity contribution in [3.05, 3.63) is 46.1 Å². The normalized spacial score (nSPS) is 15.4. The Kier molecular flexibility index (Phi) is 5.23. The van der Waals surface area contributed by atoms with Crippen molar-refractivity contribution in [2.24, 2.45) is 0 Å². The molecule has 1 aliphatic rings. The van der Waals surface area contributed by atoms with Crippen LogP contribution < -0.4 is 4.90 Å². The quantitative estimate of drug-likeness (QED) is 0.615. The number of rotatable bonds is 5. The molecule has 1 fully saturated rings. The van der Waals surface area contributed by atoms with E-state index in [-0.39, 0.29) is 5.69 Å². The lowest BCUT2D eigenvalue weighted by molar-refractivity contribution is -0.384. The van der Waals surface area contributed by atoms with E-state index in [0.717, 1.165) is 56.2 Å². The second-order valence-corrected chi connectivity index (χ2v) is 6.12. The molecule has 0 spiro atoms. The van der Waals surface area contributed by atoms with Crippen LogP contribution in [0.25, 0.3) is 11.4 Å². The first-order chi connectivity index (χ1) is 12.1. The zero-order valence-corrected chi connectivity index (χ0v) is 14.7. The van der Waals surface area contributed by atoms with E-state index < -0.39 is 4.92 Å². The van der Waals surface area contributed by atoms with Gasteiger partial charge in [-0.2, -0.15) is 0 Å². The van der Waals surface area contributed by atoms with Crippen LogP contribution in [0.5, 0.6) is 0 Å². The molecule has 0 amide bonds. The molecule has 2 aromatic rings. The molecule has 0 radical (unpaired) electrons. The van der Waals surface area contributed by atoms with Gasteiger partial charge in [-0.05, 0) is 25.1 Å². The fraction of sp³-hybridized carbons (Fsp3) is 0.444. The van der Waals surface area contributed by atoms with E-state index in [0.29, 0.717) is 5.82 Å². The number of nitrogens with zero attached hydrogens (tertiary/aromatic N) is 5. The van der Waals surface area contributed by atoms with Crippen LogP contribution in [0.1, 0.15) is 19.5 Å². The van der Waals surface area contributed by atoms with Gasteiger partial charge in [0.25, 0.3) is 5.69 Å². The number of aryl methyl sites for hydroxylation is 1. The Morgan fingerprint density at radius 2 is 1.76 bits per heavy atom. The summed E-state index contributed by atoms with van der Waals surface area (Å²) in [7, 11) is 0. The van der Waals surface area contributed by atoms with Crippen LogP contribution in [0.3, 0.4) is 0 Å². The highest BCUT2D eigenvalue weighted by Gasteiger charge is 2.18. The second-order valence-electron chi connectivity index (χ2n) is 6.12. The fourth-order valence-electron chi connectivity index (χ4n) is 2.98. The predicted octanol–water partition coefficient (Wildman–Crippen LogP) is 2.76. The summed E-state index contributed by atoms with van der Waals surface area (Å²) in [6, 6.07) is 8.47. The molecule has 1 aromatic carbocycles. The number of likely N-dealkylation sites (N-methyl/N-ethyl adjacent to an activating group) is 1. The maximum Gasteiger partial charge on any atom is 0.269 e. The lowest BCUT2D eigenvalue weighted by Crippen LogP contribution is -2.46. The van der Waals surface area contributed by atoms with Crippen LogP contribution in [-0.4, -0.2) is 52.5 Å². The van der Waals surface area contributed by atoms with Gasteiger partial charge in [-0.3, -0.25) is 10.1 Å². The zero-order chi connectivity index (χ0) is 17.8. The Morgan fingerprint density at radius 3 is 2.32 bits per heavy atom. The Hall–Kier alpha value is -2.54. The van der Waals surface area contributed by atoms with Crippen molar-refractivity contribution in [2.45, 2.75) is 20.3 Å². The summed E-state index contributed by atoms with van der Waals surface area (Å²) in [4.78, 5) is 24.5. The minimum absolute atomic E-state index is 0.0753. The third kappa shape index (κ3) is 3.93. The van der Waals surface area contributed by atoms with Crippen molar-refractivity contribution >= 4 is 11.5 Å². The summed E-state index contributed by atoms with van der Waals surface area (Å²) >= 11 is 0. The van der Waals surface area contributed by atoms with E-state index in [2.05, 4.69) is 34.7 Å². The lowest BCUT2D eigenvalue weighted by Gasteiger charge is -2.35. The van der Waals surface area contributed by atoms with Crippen LogP contribution in [0.2, 0.25) is 0 Å². The third-order valence-electron chi connectivity index (χ3n) is 4.61. The van der Waals surface area contributed by atoms with Crippen molar-refractivity contribution in [3.8, 4) is 11.4 Å². The molecule has 0 saturated carbocycles. The number of nitro groups is 1. The number of hydrogen-bond acceptors (Lipinski definition) is 6. The highest BCUT2D eigenvalue weighted by Crippen LogP contribution is 2.23. The van der Waals surface area contributed by atoms with Gasteiger partial charge in [0.2, 0.25) is 0 Å². The number of non-ortho nitro benzene ring substituents is 1. The van der Waals surface area contributed by atoms with Gasteiger partial charge >= 0.3 is 0 Å². The zero-order valence-electron chi connectivity index (χ0n) is 14.7. The SMILES string of the molecule is CCc1cc(N2CCN(CC)CC2)nc(-c2ccc([N+](=O)[O-])cc2)n1. The van der Waals surface area contributed by atoms with E-state index in [1.807, 2.05) is 0 Å². The average Bonchev–Trinajstić information content (AvgIpc) is 2.67. The summed E-state index contributed by atoms with van der Waals surface area (Å²) < 4.78 is 0. The van der Waals surface area contributed by atoms with Crippen molar-refractivity contribution in [1.82, 2.24) is 14.9 Å². The largest absolute Gasteiger partial charge is 0.354 e. The Morgan fingerprint density at radius 1 is 1.08 bits per heavy atom. The van der Waals surface area contributed by atoms with E-state index >= 15 is 0 Å². The van der Waals surface area contributed by atoms with E-state index in [9.17, 15) is 10.1 Å². The molecule has 0 aliphatic carbocycles. The first kappa shape index (κ1) is 17.3. The van der Waals surface area contributed by atoms with Gasteiger partial charge in [0.1, 0.15) is 5.82 Å². The summed E-state index contributed by atoms with van der Waals surface area (Å²) in [6.45, 7) is 9.31. The Bertz CT molecular complexity index is 740. The molecule has 132 valence electrons. The number of piperazine rings is 1. The van der Waals surface area contributed by atoms with Crippen LogP contribution >= 0.6 is 0 Å². The predicted molar refractivity (Wildman–Crippen MR) is 97.8 cm³/mol. The molecule has 0 bridgehead atoms. The minimum Gasteiger partial charge on any atom is -0.354 e. The smallest absolute Gasteiger partial charge is 0.269 e. The molecular formula is C18H23N5O2. The fourth-order valence-corrected chi connectivity index (χ4v) is 2.98. The van der Waals surface area contributed by atoms with Gasteiger partial charge < -0.3 is 9.80 Å². The van der Waals surface area contributed by atoms with Gasteiger partial charge in [0.15, 0.2) is 5.82 Å². The number of hydrogen-bond donors (Lipinski definition) is 0. The van der Waals surface area contributed by atoms with Crippen LogP contribution in [0, 0.1) is 10.1 Å². The van der Waals surface area contributed by atoms with Crippen molar-refractivity contribution in [1.29, 1.82) is 0 Å². The number of nitro benzene ring substituents is 1. The topological polar surface area (TPSA) is 75.4 Å². The molecule has 25 heavy (non-hydrogen) atoms. The van der Waals surface area contributed by atoms with Gasteiger partial charge in [-0.15, -0.1) is 0 Å². The molecule has 0 atom stereocenters. The molecule has 1 aromatic heterocycles. The molecule has 2 heterocycles. The van der Waals surface area contributed by atoms with Gasteiger partial charge in [0.05, 0.1) is 4.92 Å². The monoisotopic (exact) mass is 341 g/mol. The van der Waals surface area contributed by atoms with E-state index in [1.54, 1.807) is 12.1 Å². The highest BCUT2D eigenvalue weighted by molar-refractivity contribution is 5.60. The summed E-state index contributed by atoms with van der Waals surface area (Å²) in [5, 5.41) is 10.8. The minimum atomic E-state index is -0.397. The summed E-state index contributed by atoms with van der Waals surface area (Å²) in [5.41, 5.74) is 1.86. The van der Waals surface area contributed by atoms with Crippen molar-refractivity contribution in [3.63, 3.8) is 0 Å². The van der Waals surface area contributed by atoms with E-state index in [1.165, 1.54) is 12.1 Å². The van der Waals surface area contributed by atoms with E-state index in [4.69, 9.17) is 4.98 Å². The standard InChI is InChI=1S/C18H23N5O2/c1-3-15-13-17(22-11-9-21(4-2)10-12-22)20-18(19-15)14-5-7-16(8-6-14)23(24)25/h5-8,13H,3-4,9-12H2,1-2H3. The Labute approximate surface area is 147 Å². The average molecular weight is 341 g/mol. The Balaban J connectivity index is 1.88. The number of anilines is 1. The molecule has 0 N–H and O–H groups in total. The maximum absolute atomic E-state index is 10.8.